The number of ether oxygens (including phenoxy) is 4. The molecule has 0 aliphatic heterocycles. The summed E-state index contributed by atoms with van der Waals surface area (Å²) in [6, 6.07) is 10.9. The first kappa shape index (κ1) is 57.6. The summed E-state index contributed by atoms with van der Waals surface area (Å²) >= 11 is 1.81. The molecule has 16 nitrogen and oxygen atoms in total. The number of hydrogen-bond acceptors (Lipinski definition) is 14. The number of nitrogens with one attached hydrogen (secondary N) is 4. The van der Waals surface area contributed by atoms with Crippen molar-refractivity contribution in [2.45, 2.75) is 198 Å². The van der Waals surface area contributed by atoms with E-state index in [1.807, 2.05) is 73.0 Å². The van der Waals surface area contributed by atoms with E-state index in [2.05, 4.69) is 21.3 Å². The van der Waals surface area contributed by atoms with Crippen molar-refractivity contribution in [3.05, 3.63) is 58.8 Å². The molecule has 400 valence electrons. The molecule has 2 fully saturated rings. The van der Waals surface area contributed by atoms with Crippen molar-refractivity contribution in [2.24, 2.45) is 0 Å². The molecule has 73 heavy (non-hydrogen) atoms. The molecule has 4 unspecified atom stereocenters. The summed E-state index contributed by atoms with van der Waals surface area (Å²) in [5, 5.41) is 14.1. The number of carbonyl (C=O) groups excluding carboxylic acids is 4. The van der Waals surface area contributed by atoms with Gasteiger partial charge in [0.2, 0.25) is 0 Å². The van der Waals surface area contributed by atoms with Gasteiger partial charge in [-0.15, -0.1) is 22.7 Å². The number of aromatic nitrogens is 2. The predicted molar refractivity (Wildman–Crippen MR) is 293 cm³/mol. The molecule has 4 aromatic rings. The van der Waals surface area contributed by atoms with Gasteiger partial charge in [0.1, 0.15) is 24.6 Å². The molecule has 2 aliphatic rings. The Kier molecular flexibility index (Phi) is 20.7. The number of nitrogens with zero attached hydrogens (tertiary/aromatic N) is 2. The van der Waals surface area contributed by atoms with Gasteiger partial charge >= 0.3 is 24.4 Å². The minimum Gasteiger partial charge on any atom is -0.611 e. The second-order valence-electron chi connectivity index (χ2n) is 20.6. The van der Waals surface area contributed by atoms with E-state index in [0.29, 0.717) is 34.4 Å². The van der Waals surface area contributed by atoms with E-state index >= 15 is 0 Å². The number of amides is 4. The molecule has 0 saturated heterocycles. The van der Waals surface area contributed by atoms with Crippen molar-refractivity contribution in [3.8, 4) is 20.9 Å². The molecule has 2 aromatic carbocycles. The molecule has 2 aromatic heterocycles. The number of rotatable bonds is 19. The lowest BCUT2D eigenvalue weighted by molar-refractivity contribution is 0.0762. The van der Waals surface area contributed by atoms with Crippen molar-refractivity contribution in [1.82, 2.24) is 20.6 Å². The fourth-order valence-corrected chi connectivity index (χ4v) is 14.1. The lowest BCUT2D eigenvalue weighted by atomic mass is 9.86. The summed E-state index contributed by atoms with van der Waals surface area (Å²) < 4.78 is 49.6. The monoisotopic (exact) mass is 1080 g/mol. The molecule has 2 aliphatic carbocycles. The lowest BCUT2D eigenvalue weighted by Gasteiger charge is -2.28. The van der Waals surface area contributed by atoms with Crippen LogP contribution >= 0.6 is 29.8 Å². The van der Waals surface area contributed by atoms with Gasteiger partial charge in [-0.2, -0.15) is 0 Å². The Morgan fingerprint density at radius 1 is 0.630 bits per heavy atom. The Morgan fingerprint density at radius 3 is 1.53 bits per heavy atom. The maximum Gasteiger partial charge on any atom is 0.411 e. The second-order valence-corrected chi connectivity index (χ2v) is 28.1. The fourth-order valence-electron chi connectivity index (χ4n) is 8.94. The summed E-state index contributed by atoms with van der Waals surface area (Å²) in [5.41, 5.74) is 2.52. The average molecular weight is 1080 g/mol. The van der Waals surface area contributed by atoms with E-state index in [4.69, 9.17) is 28.9 Å². The van der Waals surface area contributed by atoms with Crippen LogP contribution in [0.2, 0.25) is 0 Å². The third-order valence-electron chi connectivity index (χ3n) is 13.2. The number of anilines is 2. The van der Waals surface area contributed by atoms with E-state index in [1.54, 1.807) is 74.4 Å². The highest BCUT2D eigenvalue weighted by Gasteiger charge is 2.32. The van der Waals surface area contributed by atoms with Gasteiger partial charge < -0.3 is 38.7 Å². The zero-order valence-electron chi connectivity index (χ0n) is 44.1. The van der Waals surface area contributed by atoms with Crippen LogP contribution in [0.1, 0.15) is 155 Å². The highest BCUT2D eigenvalue weighted by Crippen LogP contribution is 2.49. The van der Waals surface area contributed by atoms with Crippen LogP contribution in [0.5, 0.6) is 0 Å². The SMILES string of the molecule is CC(C)OC(=O)Nc1ccc(-c2cnc(C3CCC(NC(=O)OC(C)CCC(C)OC(=O)Nc4ccc(-c5cnc(C6CCC(NC(=O)OC(C)C)CC6)s5)c([S+]([O-])C(C)C)c4)CC3)s2)c(P(C)(=O)C(C)C)c1. The molecule has 20 heteroatoms. The fraction of sp³-hybridized carbons (Fsp3) is 0.585. The maximum atomic E-state index is 14.1. The van der Waals surface area contributed by atoms with Crippen LogP contribution in [0, 0.1) is 0 Å². The van der Waals surface area contributed by atoms with Gasteiger partial charge in [-0.1, -0.05) is 19.9 Å². The Morgan fingerprint density at radius 2 is 1.05 bits per heavy atom. The molecule has 4 amide bonds. The van der Waals surface area contributed by atoms with Crippen molar-refractivity contribution >= 4 is 82.0 Å². The molecule has 0 spiro atoms. The highest BCUT2D eigenvalue weighted by molar-refractivity contribution is 7.92. The zero-order chi connectivity index (χ0) is 53.1. The van der Waals surface area contributed by atoms with Gasteiger partial charge in [-0.3, -0.25) is 10.6 Å². The Labute approximate surface area is 442 Å². The van der Waals surface area contributed by atoms with Crippen molar-refractivity contribution in [2.75, 3.05) is 17.3 Å². The average Bonchev–Trinajstić information content (AvgIpc) is 4.02. The normalized spacial score (nSPS) is 20.2. The minimum absolute atomic E-state index is 0.0391. The first-order valence-corrected chi connectivity index (χ1v) is 30.7. The lowest BCUT2D eigenvalue weighted by Crippen LogP contribution is -2.39. The third-order valence-corrected chi connectivity index (χ3v) is 20.5. The molecule has 2 saturated carbocycles. The van der Waals surface area contributed by atoms with Crippen LogP contribution < -0.4 is 26.6 Å². The van der Waals surface area contributed by atoms with Crippen LogP contribution in [0.4, 0.5) is 30.6 Å². The topological polar surface area (TPSA) is 219 Å². The van der Waals surface area contributed by atoms with Gasteiger partial charge in [0.25, 0.3) is 0 Å². The summed E-state index contributed by atoms with van der Waals surface area (Å²) in [7, 11) is -2.83. The first-order valence-electron chi connectivity index (χ1n) is 25.6. The Bertz CT molecular complexity index is 2550. The molecule has 0 bridgehead atoms. The molecule has 0 radical (unpaired) electrons. The minimum atomic E-state index is -2.83. The second kappa shape index (κ2) is 26.2. The predicted octanol–water partition coefficient (Wildman–Crippen LogP) is 13.2. The van der Waals surface area contributed by atoms with Crippen LogP contribution in [0.25, 0.3) is 20.9 Å². The van der Waals surface area contributed by atoms with Gasteiger partial charge in [0, 0.05) is 75.8 Å². The van der Waals surface area contributed by atoms with Gasteiger partial charge in [0.05, 0.1) is 32.0 Å². The van der Waals surface area contributed by atoms with Crippen molar-refractivity contribution in [3.63, 3.8) is 0 Å². The van der Waals surface area contributed by atoms with Crippen LogP contribution in [-0.4, -0.2) is 93.0 Å². The quantitative estimate of drug-likeness (QED) is 0.0391. The molecule has 6 rings (SSSR count). The number of carbonyl (C=O) groups is 4. The zero-order valence-corrected chi connectivity index (χ0v) is 47.5. The summed E-state index contributed by atoms with van der Waals surface area (Å²) in [4.78, 5) is 62.5. The summed E-state index contributed by atoms with van der Waals surface area (Å²) in [5.74, 6) is 0.486. The standard InChI is InChI=1S/C53H75N6O10PS3/c1-30(2)66-50(60)56-38-18-14-37(15-19-38)49-55-29-46(72-49)43-25-23-41(27-47(43)73(65)33(7)8)59-53(63)69-35(10)13-12-34(9)68-52(62)57-39-20-16-36(17-21-39)48-54-28-45(71-48)42-24-22-40(58-51(61)67-31(3)4)26-44(42)70(11,64)32(5)6/h22-39H,12-21H2,1-11H3,(H,56,60)(H,57,62)(H,58,61)(H,59,63). The number of hydrogen-bond donors (Lipinski definition) is 4. The number of alkyl carbamates (subject to hydrolysis) is 2. The Balaban J connectivity index is 0.940. The highest BCUT2D eigenvalue weighted by atomic mass is 32.2. The first-order chi connectivity index (χ1) is 34.6. The van der Waals surface area contributed by atoms with E-state index in [0.717, 1.165) is 82.3 Å². The smallest absolute Gasteiger partial charge is 0.411 e. The van der Waals surface area contributed by atoms with Gasteiger partial charge in [-0.05, 0) is 162 Å². The van der Waals surface area contributed by atoms with Crippen LogP contribution in [0.3, 0.4) is 0 Å². The molecular weight excluding hydrogens is 1010 g/mol. The molecule has 4 N–H and O–H groups in total. The largest absolute Gasteiger partial charge is 0.611 e. The van der Waals surface area contributed by atoms with E-state index < -0.39 is 48.8 Å². The summed E-state index contributed by atoms with van der Waals surface area (Å²) in [6.07, 6.45) is 7.88. The van der Waals surface area contributed by atoms with E-state index in [-0.39, 0.29) is 53.1 Å². The van der Waals surface area contributed by atoms with E-state index in [1.165, 1.54) is 0 Å². The third kappa shape index (κ3) is 16.4. The van der Waals surface area contributed by atoms with Crippen molar-refractivity contribution in [1.29, 1.82) is 0 Å². The van der Waals surface area contributed by atoms with E-state index in [9.17, 15) is 28.3 Å². The van der Waals surface area contributed by atoms with Crippen LogP contribution in [-0.2, 0) is 34.7 Å². The van der Waals surface area contributed by atoms with Gasteiger partial charge in [-0.25, -0.2) is 29.1 Å². The number of benzene rings is 2. The number of thiazole rings is 2. The molecule has 4 atom stereocenters. The Hall–Kier alpha value is -4.68. The van der Waals surface area contributed by atoms with Crippen molar-refractivity contribution < 1.29 is 47.2 Å². The van der Waals surface area contributed by atoms with Crippen LogP contribution in [0.15, 0.2) is 53.7 Å². The summed E-state index contributed by atoms with van der Waals surface area (Å²) in [6.45, 7) is 20.3. The molecular formula is C53H75N6O10PS3. The maximum absolute atomic E-state index is 14.1. The van der Waals surface area contributed by atoms with Gasteiger partial charge in [0.15, 0.2) is 4.90 Å². The molecule has 2 heterocycles.